The largest absolute Gasteiger partial charge is 0.298 e. The average Bonchev–Trinajstić information content (AvgIpc) is 2.14. The molecule has 0 radical (unpaired) electrons. The molecule has 0 saturated carbocycles. The quantitative estimate of drug-likeness (QED) is 0.536. The minimum Gasteiger partial charge on any atom is -0.298 e. The Balaban J connectivity index is 3.09. The lowest BCUT2D eigenvalue weighted by Gasteiger charge is -1.73. The first-order chi connectivity index (χ1) is 3.84. The molecule has 4 heteroatoms. The molecule has 0 aliphatic carbocycles. The Morgan fingerprint density at radius 2 is 2.62 bits per heavy atom. The average molecular weight is 114 g/mol. The minimum atomic E-state index is -0.681. The van der Waals surface area contributed by atoms with E-state index in [2.05, 4.69) is 5.10 Å². The Kier molecular flexibility index (Phi) is 1.07. The van der Waals surface area contributed by atoms with Crippen LogP contribution in [0.5, 0.6) is 0 Å². The van der Waals surface area contributed by atoms with Crippen molar-refractivity contribution in [3.8, 4) is 0 Å². The van der Waals surface area contributed by atoms with Gasteiger partial charge in [0.05, 0.1) is 11.8 Å². The van der Waals surface area contributed by atoms with Crippen LogP contribution in [0.2, 0.25) is 0 Å². The van der Waals surface area contributed by atoms with Crippen LogP contribution in [0.25, 0.3) is 0 Å². The third-order valence-electron chi connectivity index (χ3n) is 0.747. The standard InChI is InChI=1S/C4H3FN2O/c5-4-3(2-8)1-6-7-4/h1-2H,(H,6,7). The van der Waals surface area contributed by atoms with E-state index in [-0.39, 0.29) is 5.56 Å². The first-order valence-corrected chi connectivity index (χ1v) is 1.98. The molecule has 0 aromatic carbocycles. The fourth-order valence-corrected chi connectivity index (χ4v) is 0.362. The van der Waals surface area contributed by atoms with E-state index < -0.39 is 5.95 Å². The number of hydrogen-bond acceptors (Lipinski definition) is 2. The molecule has 1 heterocycles. The molecule has 0 saturated heterocycles. The van der Waals surface area contributed by atoms with Crippen molar-refractivity contribution in [1.82, 2.24) is 10.2 Å². The zero-order valence-electron chi connectivity index (χ0n) is 3.89. The Morgan fingerprint density at radius 3 is 2.88 bits per heavy atom. The molecule has 0 aliphatic heterocycles. The molecule has 8 heavy (non-hydrogen) atoms. The molecular formula is C4H3FN2O. The van der Waals surface area contributed by atoms with Crippen LogP contribution in [0, 0.1) is 5.95 Å². The highest BCUT2D eigenvalue weighted by Crippen LogP contribution is 1.95. The molecule has 0 fully saturated rings. The number of aromatic nitrogens is 2. The molecule has 0 bridgehead atoms. The molecule has 0 spiro atoms. The number of nitrogens with one attached hydrogen (secondary N) is 1. The van der Waals surface area contributed by atoms with Crippen LogP contribution in [0.15, 0.2) is 6.20 Å². The van der Waals surface area contributed by atoms with Crippen LogP contribution in [0.1, 0.15) is 10.4 Å². The number of hydrogen-bond donors (Lipinski definition) is 1. The van der Waals surface area contributed by atoms with Crippen molar-refractivity contribution in [1.29, 1.82) is 0 Å². The summed E-state index contributed by atoms with van der Waals surface area (Å²) in [6.07, 6.45) is 1.53. The van der Waals surface area contributed by atoms with Crippen LogP contribution in [-0.4, -0.2) is 16.5 Å². The molecule has 3 nitrogen and oxygen atoms in total. The number of carbonyl (C=O) groups is 1. The molecule has 0 amide bonds. The second-order valence-corrected chi connectivity index (χ2v) is 1.26. The van der Waals surface area contributed by atoms with Crippen molar-refractivity contribution in [2.75, 3.05) is 0 Å². The maximum atomic E-state index is 12.0. The third kappa shape index (κ3) is 0.598. The summed E-state index contributed by atoms with van der Waals surface area (Å²) in [7, 11) is 0. The van der Waals surface area contributed by atoms with Gasteiger partial charge in [0.15, 0.2) is 6.29 Å². The van der Waals surface area contributed by atoms with Gasteiger partial charge < -0.3 is 0 Å². The van der Waals surface area contributed by atoms with E-state index in [9.17, 15) is 9.18 Å². The van der Waals surface area contributed by atoms with E-state index in [1.165, 1.54) is 0 Å². The lowest BCUT2D eigenvalue weighted by Crippen LogP contribution is -1.79. The smallest absolute Gasteiger partial charge is 0.219 e. The van der Waals surface area contributed by atoms with E-state index >= 15 is 0 Å². The fourth-order valence-electron chi connectivity index (χ4n) is 0.362. The maximum absolute atomic E-state index is 12.0. The summed E-state index contributed by atoms with van der Waals surface area (Å²) in [4.78, 5) is 9.79. The van der Waals surface area contributed by atoms with Crippen molar-refractivity contribution < 1.29 is 9.18 Å². The minimum absolute atomic E-state index is 0.0370. The summed E-state index contributed by atoms with van der Waals surface area (Å²) in [5.74, 6) is -0.681. The number of aldehydes is 1. The summed E-state index contributed by atoms with van der Waals surface area (Å²) in [6, 6.07) is 0. The van der Waals surface area contributed by atoms with Crippen molar-refractivity contribution in [2.24, 2.45) is 0 Å². The highest BCUT2D eigenvalue weighted by Gasteiger charge is 1.98. The first kappa shape index (κ1) is 4.96. The van der Waals surface area contributed by atoms with E-state index in [4.69, 9.17) is 0 Å². The second kappa shape index (κ2) is 1.73. The van der Waals surface area contributed by atoms with Gasteiger partial charge in [-0.15, -0.1) is 0 Å². The zero-order valence-corrected chi connectivity index (χ0v) is 3.89. The molecule has 1 aromatic rings. The monoisotopic (exact) mass is 114 g/mol. The van der Waals surface area contributed by atoms with Gasteiger partial charge in [0, 0.05) is 0 Å². The number of rotatable bonds is 1. The zero-order chi connectivity index (χ0) is 5.98. The molecule has 0 atom stereocenters. The van der Waals surface area contributed by atoms with Crippen molar-refractivity contribution in [3.05, 3.63) is 17.7 Å². The SMILES string of the molecule is O=Cc1cn[nH]c1F. The van der Waals surface area contributed by atoms with Gasteiger partial charge >= 0.3 is 0 Å². The Hall–Kier alpha value is -1.19. The highest BCUT2D eigenvalue weighted by atomic mass is 19.1. The summed E-state index contributed by atoms with van der Waals surface area (Å²) in [5.41, 5.74) is -0.0370. The van der Waals surface area contributed by atoms with Gasteiger partial charge in [-0.25, -0.2) is 0 Å². The molecule has 0 aliphatic rings. The molecular weight excluding hydrogens is 111 g/mol. The van der Waals surface area contributed by atoms with Gasteiger partial charge in [0.1, 0.15) is 0 Å². The molecule has 1 rings (SSSR count). The first-order valence-electron chi connectivity index (χ1n) is 1.98. The van der Waals surface area contributed by atoms with Gasteiger partial charge in [-0.1, -0.05) is 0 Å². The van der Waals surface area contributed by atoms with Gasteiger partial charge in [0.2, 0.25) is 5.95 Å². The number of nitrogens with zero attached hydrogens (tertiary/aromatic N) is 1. The highest BCUT2D eigenvalue weighted by molar-refractivity contribution is 5.73. The Bertz CT molecular complexity index is 196. The third-order valence-corrected chi connectivity index (χ3v) is 0.747. The van der Waals surface area contributed by atoms with Gasteiger partial charge in [-0.05, 0) is 0 Å². The number of aromatic amines is 1. The predicted octanol–water partition coefficient (Wildman–Crippen LogP) is 0.361. The topological polar surface area (TPSA) is 45.8 Å². The molecule has 0 unspecified atom stereocenters. The van der Waals surface area contributed by atoms with Crippen LogP contribution in [0.4, 0.5) is 4.39 Å². The number of carbonyl (C=O) groups excluding carboxylic acids is 1. The van der Waals surface area contributed by atoms with Crippen LogP contribution in [-0.2, 0) is 0 Å². The van der Waals surface area contributed by atoms with Gasteiger partial charge in [0.25, 0.3) is 0 Å². The second-order valence-electron chi connectivity index (χ2n) is 1.26. The summed E-state index contributed by atoms with van der Waals surface area (Å²) < 4.78 is 12.0. The molecule has 1 N–H and O–H groups in total. The van der Waals surface area contributed by atoms with Crippen molar-refractivity contribution in [3.63, 3.8) is 0 Å². The predicted molar refractivity (Wildman–Crippen MR) is 23.9 cm³/mol. The summed E-state index contributed by atoms with van der Waals surface area (Å²) >= 11 is 0. The fraction of sp³-hybridized carbons (Fsp3) is 0. The Labute approximate surface area is 44.5 Å². The maximum Gasteiger partial charge on any atom is 0.219 e. The normalized spacial score (nSPS) is 9.12. The lowest BCUT2D eigenvalue weighted by atomic mass is 10.4. The number of halogens is 1. The summed E-state index contributed by atoms with van der Waals surface area (Å²) in [6.45, 7) is 0. The van der Waals surface area contributed by atoms with Crippen molar-refractivity contribution in [2.45, 2.75) is 0 Å². The molecule has 1 aromatic heterocycles. The van der Waals surface area contributed by atoms with E-state index in [1.54, 1.807) is 0 Å². The van der Waals surface area contributed by atoms with E-state index in [1.807, 2.05) is 5.10 Å². The van der Waals surface area contributed by atoms with E-state index in [0.717, 1.165) is 6.20 Å². The summed E-state index contributed by atoms with van der Waals surface area (Å²) in [5, 5.41) is 5.23. The Morgan fingerprint density at radius 1 is 1.88 bits per heavy atom. The lowest BCUT2D eigenvalue weighted by molar-refractivity contribution is 0.112. The van der Waals surface area contributed by atoms with Crippen LogP contribution < -0.4 is 0 Å². The number of H-pyrrole nitrogens is 1. The van der Waals surface area contributed by atoms with Crippen LogP contribution in [0.3, 0.4) is 0 Å². The van der Waals surface area contributed by atoms with Gasteiger partial charge in [-0.3, -0.25) is 9.89 Å². The van der Waals surface area contributed by atoms with E-state index in [0.29, 0.717) is 6.29 Å². The van der Waals surface area contributed by atoms with Crippen molar-refractivity contribution >= 4 is 6.29 Å². The molecule has 42 valence electrons. The van der Waals surface area contributed by atoms with Crippen LogP contribution >= 0.6 is 0 Å². The van der Waals surface area contributed by atoms with Gasteiger partial charge in [-0.2, -0.15) is 9.49 Å².